The van der Waals surface area contributed by atoms with E-state index in [4.69, 9.17) is 11.6 Å². The molecule has 0 saturated heterocycles. The number of anilines is 1. The minimum atomic E-state index is -1.12. The molecule has 0 spiro atoms. The minimum Gasteiger partial charge on any atom is -0.384 e. The Morgan fingerprint density at radius 2 is 1.39 bits per heavy atom. The van der Waals surface area contributed by atoms with Crippen molar-refractivity contribution in [3.8, 4) is 0 Å². The fraction of sp³-hybridized carbons (Fsp3) is 0.333. The van der Waals surface area contributed by atoms with Crippen LogP contribution in [0.1, 0.15) is 36.1 Å². The Morgan fingerprint density at radius 1 is 0.839 bits per heavy atom. The van der Waals surface area contributed by atoms with Crippen LogP contribution in [0.3, 0.4) is 0 Å². The van der Waals surface area contributed by atoms with Crippen molar-refractivity contribution in [2.75, 3.05) is 31.5 Å². The number of aryl methyl sites for hydroxylation is 1. The molecule has 0 saturated carbocycles. The van der Waals surface area contributed by atoms with Crippen LogP contribution in [0.5, 0.6) is 0 Å². The third-order valence-corrected chi connectivity index (χ3v) is 6.17. The monoisotopic (exact) mass is 436 g/mol. The predicted octanol–water partition coefficient (Wildman–Crippen LogP) is 5.88. The molecule has 0 aliphatic rings. The minimum absolute atomic E-state index is 0.474. The van der Waals surface area contributed by atoms with E-state index in [-0.39, 0.29) is 0 Å². The van der Waals surface area contributed by atoms with E-state index in [0.29, 0.717) is 11.4 Å². The lowest BCUT2D eigenvalue weighted by Crippen LogP contribution is -2.30. The Labute approximate surface area is 191 Å². The summed E-state index contributed by atoms with van der Waals surface area (Å²) in [7, 11) is 0. The van der Waals surface area contributed by atoms with Gasteiger partial charge in [0, 0.05) is 30.2 Å². The molecule has 3 rings (SSSR count). The van der Waals surface area contributed by atoms with Gasteiger partial charge in [-0.3, -0.25) is 0 Å². The molecule has 3 nitrogen and oxygen atoms in total. The second kappa shape index (κ2) is 10.8. The number of likely N-dealkylation sites (N-methyl/N-ethyl adjacent to an activating group) is 1. The van der Waals surface area contributed by atoms with E-state index in [1.807, 2.05) is 60.7 Å². The third-order valence-electron chi connectivity index (χ3n) is 5.92. The average molecular weight is 437 g/mol. The van der Waals surface area contributed by atoms with E-state index in [2.05, 4.69) is 43.1 Å². The number of benzene rings is 3. The number of nitrogens with zero attached hydrogens (tertiary/aromatic N) is 1. The molecule has 0 amide bonds. The van der Waals surface area contributed by atoms with Gasteiger partial charge in [-0.25, -0.2) is 0 Å². The first-order chi connectivity index (χ1) is 14.9. The van der Waals surface area contributed by atoms with Crippen LogP contribution in [0.15, 0.2) is 72.8 Å². The third kappa shape index (κ3) is 6.10. The SMILES string of the molecule is CCN(CC)CCNc1ccc(C(O)(Cc2ccc(Cl)cc2)c2ccc(C)cc2)cc1. The summed E-state index contributed by atoms with van der Waals surface area (Å²) in [5, 5.41) is 16.1. The van der Waals surface area contributed by atoms with Gasteiger partial charge in [0.15, 0.2) is 0 Å². The van der Waals surface area contributed by atoms with E-state index in [1.165, 1.54) is 5.56 Å². The Bertz CT molecular complexity index is 934. The fourth-order valence-electron chi connectivity index (χ4n) is 3.86. The average Bonchev–Trinajstić information content (AvgIpc) is 2.79. The molecule has 4 heteroatoms. The molecule has 3 aromatic rings. The molecule has 0 fully saturated rings. The highest BCUT2D eigenvalue weighted by molar-refractivity contribution is 6.30. The van der Waals surface area contributed by atoms with Crippen LogP contribution in [0.25, 0.3) is 0 Å². The topological polar surface area (TPSA) is 35.5 Å². The molecule has 0 heterocycles. The molecule has 3 aromatic carbocycles. The van der Waals surface area contributed by atoms with Crippen LogP contribution in [0, 0.1) is 6.92 Å². The summed E-state index contributed by atoms with van der Waals surface area (Å²) in [4.78, 5) is 2.39. The van der Waals surface area contributed by atoms with Gasteiger partial charge in [-0.05, 0) is 61.0 Å². The van der Waals surface area contributed by atoms with E-state index >= 15 is 0 Å². The lowest BCUT2D eigenvalue weighted by atomic mass is 9.81. The Balaban J connectivity index is 1.83. The van der Waals surface area contributed by atoms with Crippen molar-refractivity contribution in [3.05, 3.63) is 100 Å². The van der Waals surface area contributed by atoms with Gasteiger partial charge in [0.2, 0.25) is 0 Å². The van der Waals surface area contributed by atoms with Crippen LogP contribution >= 0.6 is 11.6 Å². The summed E-state index contributed by atoms with van der Waals surface area (Å²) in [6.07, 6.45) is 0.474. The lowest BCUT2D eigenvalue weighted by Gasteiger charge is -2.30. The number of hydrogen-bond donors (Lipinski definition) is 2. The standard InChI is InChI=1S/C27H33ClN2O/c1-4-30(5-2)19-18-29-26-16-12-24(13-17-26)27(31,23-10-6-21(3)7-11-23)20-22-8-14-25(28)15-9-22/h6-17,29,31H,4-5,18-20H2,1-3H3. The van der Waals surface area contributed by atoms with Gasteiger partial charge in [-0.1, -0.05) is 79.5 Å². The highest BCUT2D eigenvalue weighted by Crippen LogP contribution is 2.34. The largest absolute Gasteiger partial charge is 0.384 e. The molecule has 1 unspecified atom stereocenters. The zero-order chi connectivity index (χ0) is 22.3. The maximum absolute atomic E-state index is 11.9. The van der Waals surface area contributed by atoms with Gasteiger partial charge in [0.1, 0.15) is 5.60 Å². The predicted molar refractivity (Wildman–Crippen MR) is 132 cm³/mol. The lowest BCUT2D eigenvalue weighted by molar-refractivity contribution is 0.0811. The van der Waals surface area contributed by atoms with Crippen LogP contribution < -0.4 is 5.32 Å². The van der Waals surface area contributed by atoms with Crippen molar-refractivity contribution in [1.82, 2.24) is 4.90 Å². The summed E-state index contributed by atoms with van der Waals surface area (Å²) in [6.45, 7) is 10.5. The quantitative estimate of drug-likeness (QED) is 0.416. The van der Waals surface area contributed by atoms with Crippen LogP contribution in [-0.4, -0.2) is 36.2 Å². The molecular weight excluding hydrogens is 404 g/mol. The van der Waals surface area contributed by atoms with E-state index in [0.717, 1.165) is 48.6 Å². The number of hydrogen-bond acceptors (Lipinski definition) is 3. The summed E-state index contributed by atoms with van der Waals surface area (Å²) in [6, 6.07) is 24.0. The summed E-state index contributed by atoms with van der Waals surface area (Å²) in [5.74, 6) is 0. The van der Waals surface area contributed by atoms with Crippen molar-refractivity contribution >= 4 is 17.3 Å². The second-order valence-corrected chi connectivity index (χ2v) is 8.50. The summed E-state index contributed by atoms with van der Waals surface area (Å²) < 4.78 is 0. The summed E-state index contributed by atoms with van der Waals surface area (Å²) >= 11 is 6.06. The Hall–Kier alpha value is -2.33. The van der Waals surface area contributed by atoms with Gasteiger partial charge >= 0.3 is 0 Å². The van der Waals surface area contributed by atoms with E-state index in [1.54, 1.807) is 0 Å². The van der Waals surface area contributed by atoms with Gasteiger partial charge < -0.3 is 15.3 Å². The maximum Gasteiger partial charge on any atom is 0.119 e. The molecule has 164 valence electrons. The highest BCUT2D eigenvalue weighted by atomic mass is 35.5. The van der Waals surface area contributed by atoms with Crippen LogP contribution in [-0.2, 0) is 12.0 Å². The van der Waals surface area contributed by atoms with Crippen molar-refractivity contribution in [2.45, 2.75) is 32.8 Å². The van der Waals surface area contributed by atoms with E-state index < -0.39 is 5.60 Å². The van der Waals surface area contributed by atoms with Gasteiger partial charge in [-0.15, -0.1) is 0 Å². The molecule has 1 atom stereocenters. The van der Waals surface area contributed by atoms with Gasteiger partial charge in [0.25, 0.3) is 0 Å². The fourth-order valence-corrected chi connectivity index (χ4v) is 3.99. The first-order valence-corrected chi connectivity index (χ1v) is 11.4. The van der Waals surface area contributed by atoms with Crippen molar-refractivity contribution in [2.24, 2.45) is 0 Å². The first-order valence-electron chi connectivity index (χ1n) is 11.1. The molecule has 0 aromatic heterocycles. The second-order valence-electron chi connectivity index (χ2n) is 8.06. The highest BCUT2D eigenvalue weighted by Gasteiger charge is 2.32. The molecule has 2 N–H and O–H groups in total. The normalized spacial score (nSPS) is 13.2. The van der Waals surface area contributed by atoms with E-state index in [9.17, 15) is 5.11 Å². The van der Waals surface area contributed by atoms with Crippen LogP contribution in [0.2, 0.25) is 5.02 Å². The maximum atomic E-state index is 11.9. The smallest absolute Gasteiger partial charge is 0.119 e. The van der Waals surface area contributed by atoms with Crippen LogP contribution in [0.4, 0.5) is 5.69 Å². The number of halogens is 1. The number of rotatable bonds is 10. The summed E-state index contributed by atoms with van der Waals surface area (Å²) in [5.41, 5.74) is 3.91. The van der Waals surface area contributed by atoms with Crippen molar-refractivity contribution in [3.63, 3.8) is 0 Å². The first kappa shape index (κ1) is 23.3. The van der Waals surface area contributed by atoms with Crippen molar-refractivity contribution in [1.29, 1.82) is 0 Å². The molecule has 0 aliphatic heterocycles. The molecule has 0 radical (unpaired) electrons. The van der Waals surface area contributed by atoms with Gasteiger partial charge in [0.05, 0.1) is 0 Å². The molecular formula is C27H33ClN2O. The zero-order valence-electron chi connectivity index (χ0n) is 18.7. The Morgan fingerprint density at radius 3 is 1.94 bits per heavy atom. The molecule has 0 aliphatic carbocycles. The number of aliphatic hydroxyl groups is 1. The molecule has 31 heavy (non-hydrogen) atoms. The zero-order valence-corrected chi connectivity index (χ0v) is 19.5. The van der Waals surface area contributed by atoms with Gasteiger partial charge in [-0.2, -0.15) is 0 Å². The molecule has 0 bridgehead atoms. The van der Waals surface area contributed by atoms with Crippen molar-refractivity contribution < 1.29 is 5.11 Å². The Kier molecular flexibility index (Phi) is 8.14. The number of nitrogens with one attached hydrogen (secondary N) is 1.